The number of hydrogen-bond acceptors (Lipinski definition) is 3. The summed E-state index contributed by atoms with van der Waals surface area (Å²) in [6.07, 6.45) is 0. The third kappa shape index (κ3) is 3.70. The van der Waals surface area contributed by atoms with E-state index in [2.05, 4.69) is 15.6 Å². The number of carbonyl (C=O) groups is 2. The summed E-state index contributed by atoms with van der Waals surface area (Å²) in [5.74, 6) is -0.686. The zero-order valence-corrected chi connectivity index (χ0v) is 9.24. The number of hydrogen-bond donors (Lipinski definition) is 2. The molecule has 0 spiro atoms. The molecule has 0 aliphatic heterocycles. The van der Waals surface area contributed by atoms with E-state index in [0.29, 0.717) is 5.56 Å². The molecule has 0 bridgehead atoms. The van der Waals surface area contributed by atoms with Crippen LogP contribution in [0.15, 0.2) is 24.3 Å². The Labute approximate surface area is 93.7 Å². The highest BCUT2D eigenvalue weighted by molar-refractivity contribution is 5.96. The normalized spacial score (nSPS) is 9.62. The van der Waals surface area contributed by atoms with Crippen LogP contribution in [0, 0.1) is 6.92 Å². The molecule has 2 amide bonds. The number of rotatable bonds is 4. The second kappa shape index (κ2) is 5.87. The van der Waals surface area contributed by atoms with Crippen molar-refractivity contribution in [2.24, 2.45) is 0 Å². The van der Waals surface area contributed by atoms with E-state index >= 15 is 0 Å². The lowest BCUT2D eigenvalue weighted by Crippen LogP contribution is -2.36. The molecule has 0 heterocycles. The van der Waals surface area contributed by atoms with E-state index in [1.54, 1.807) is 12.1 Å². The van der Waals surface area contributed by atoms with Crippen LogP contribution in [-0.2, 0) is 9.63 Å². The summed E-state index contributed by atoms with van der Waals surface area (Å²) in [7, 11) is 1.33. The fourth-order valence-electron chi connectivity index (χ4n) is 1.12. The Bertz CT molecular complexity index is 373. The van der Waals surface area contributed by atoms with Gasteiger partial charge in [-0.2, -0.15) is 0 Å². The number of benzene rings is 1. The Hall–Kier alpha value is -1.88. The van der Waals surface area contributed by atoms with Gasteiger partial charge in [0.15, 0.2) is 0 Å². The van der Waals surface area contributed by atoms with Gasteiger partial charge in [0.05, 0.1) is 13.7 Å². The third-order valence-corrected chi connectivity index (χ3v) is 1.94. The summed E-state index contributed by atoms with van der Waals surface area (Å²) in [5.41, 5.74) is 3.71. The van der Waals surface area contributed by atoms with E-state index in [-0.39, 0.29) is 12.5 Å². The van der Waals surface area contributed by atoms with Crippen molar-refractivity contribution in [2.45, 2.75) is 6.92 Å². The first-order chi connectivity index (χ1) is 7.63. The molecule has 1 rings (SSSR count). The summed E-state index contributed by atoms with van der Waals surface area (Å²) in [4.78, 5) is 26.9. The van der Waals surface area contributed by atoms with E-state index in [1.165, 1.54) is 7.11 Å². The second-order valence-electron chi connectivity index (χ2n) is 3.28. The van der Waals surface area contributed by atoms with Gasteiger partial charge in [0.1, 0.15) is 0 Å². The molecule has 0 aromatic heterocycles. The quantitative estimate of drug-likeness (QED) is 0.725. The van der Waals surface area contributed by atoms with Gasteiger partial charge in [-0.15, -0.1) is 0 Å². The number of aryl methyl sites for hydroxylation is 1. The molecule has 0 atom stereocenters. The van der Waals surface area contributed by atoms with Crippen molar-refractivity contribution in [3.63, 3.8) is 0 Å². The molecule has 2 N–H and O–H groups in total. The van der Waals surface area contributed by atoms with Crippen molar-refractivity contribution in [1.29, 1.82) is 0 Å². The molecule has 5 heteroatoms. The standard InChI is InChI=1S/C11H14N2O3/c1-8-3-5-9(6-4-8)11(15)12-7-10(14)13-16-2/h3-6H,7H2,1-2H3,(H,12,15)(H,13,14). The highest BCUT2D eigenvalue weighted by Crippen LogP contribution is 2.02. The summed E-state index contributed by atoms with van der Waals surface area (Å²) in [6, 6.07) is 7.09. The SMILES string of the molecule is CONC(=O)CNC(=O)c1ccc(C)cc1. The van der Waals surface area contributed by atoms with Crippen molar-refractivity contribution in [3.8, 4) is 0 Å². The van der Waals surface area contributed by atoms with Crippen molar-refractivity contribution in [2.75, 3.05) is 13.7 Å². The predicted molar refractivity (Wildman–Crippen MR) is 58.7 cm³/mol. The predicted octanol–water partition coefficient (Wildman–Crippen LogP) is 0.402. The van der Waals surface area contributed by atoms with Crippen LogP contribution in [0.5, 0.6) is 0 Å². The molecule has 5 nitrogen and oxygen atoms in total. The number of nitrogens with one attached hydrogen (secondary N) is 2. The van der Waals surface area contributed by atoms with Crippen molar-refractivity contribution >= 4 is 11.8 Å². The zero-order valence-electron chi connectivity index (χ0n) is 9.24. The van der Waals surface area contributed by atoms with Crippen molar-refractivity contribution in [3.05, 3.63) is 35.4 Å². The maximum Gasteiger partial charge on any atom is 0.262 e. The molecular weight excluding hydrogens is 208 g/mol. The van der Waals surface area contributed by atoms with E-state index in [1.807, 2.05) is 19.1 Å². The average molecular weight is 222 g/mol. The molecule has 1 aromatic carbocycles. The molecule has 0 saturated heterocycles. The highest BCUT2D eigenvalue weighted by atomic mass is 16.6. The molecule has 16 heavy (non-hydrogen) atoms. The minimum absolute atomic E-state index is 0.111. The Kier molecular flexibility index (Phi) is 4.47. The molecule has 1 aromatic rings. The van der Waals surface area contributed by atoms with E-state index < -0.39 is 5.91 Å². The van der Waals surface area contributed by atoms with Crippen LogP contribution in [0.3, 0.4) is 0 Å². The fourth-order valence-corrected chi connectivity index (χ4v) is 1.12. The molecule has 0 radical (unpaired) electrons. The van der Waals surface area contributed by atoms with Crippen LogP contribution in [0.25, 0.3) is 0 Å². The minimum Gasteiger partial charge on any atom is -0.343 e. The van der Waals surface area contributed by atoms with E-state index in [0.717, 1.165) is 5.56 Å². The minimum atomic E-state index is -0.400. The zero-order chi connectivity index (χ0) is 12.0. The molecule has 0 aliphatic carbocycles. The van der Waals surface area contributed by atoms with Gasteiger partial charge < -0.3 is 5.32 Å². The Morgan fingerprint density at radius 3 is 2.44 bits per heavy atom. The third-order valence-electron chi connectivity index (χ3n) is 1.94. The average Bonchev–Trinajstić information content (AvgIpc) is 2.27. The van der Waals surface area contributed by atoms with Crippen LogP contribution in [0.1, 0.15) is 15.9 Å². The second-order valence-corrected chi connectivity index (χ2v) is 3.28. The number of amides is 2. The maximum atomic E-state index is 11.5. The van der Waals surface area contributed by atoms with Crippen molar-refractivity contribution in [1.82, 2.24) is 10.8 Å². The lowest BCUT2D eigenvalue weighted by molar-refractivity contribution is -0.130. The lowest BCUT2D eigenvalue weighted by atomic mass is 10.1. The number of carbonyl (C=O) groups excluding carboxylic acids is 2. The van der Waals surface area contributed by atoms with Gasteiger partial charge >= 0.3 is 0 Å². The van der Waals surface area contributed by atoms with Crippen LogP contribution < -0.4 is 10.8 Å². The van der Waals surface area contributed by atoms with Crippen molar-refractivity contribution < 1.29 is 14.4 Å². The van der Waals surface area contributed by atoms with Gasteiger partial charge in [0.25, 0.3) is 11.8 Å². The summed E-state index contributed by atoms with van der Waals surface area (Å²) in [5, 5.41) is 2.47. The monoisotopic (exact) mass is 222 g/mol. The van der Waals surface area contributed by atoms with Crippen LogP contribution in [-0.4, -0.2) is 25.5 Å². The van der Waals surface area contributed by atoms with Gasteiger partial charge in [-0.3, -0.25) is 14.4 Å². The molecule has 0 aliphatic rings. The van der Waals surface area contributed by atoms with Crippen LogP contribution in [0.4, 0.5) is 0 Å². The number of hydroxylamine groups is 1. The highest BCUT2D eigenvalue weighted by Gasteiger charge is 2.06. The van der Waals surface area contributed by atoms with Gasteiger partial charge in [-0.25, -0.2) is 5.48 Å². The van der Waals surface area contributed by atoms with Crippen LogP contribution >= 0.6 is 0 Å². The van der Waals surface area contributed by atoms with Crippen LogP contribution in [0.2, 0.25) is 0 Å². The molecule has 0 unspecified atom stereocenters. The first-order valence-electron chi connectivity index (χ1n) is 4.80. The smallest absolute Gasteiger partial charge is 0.262 e. The molecule has 86 valence electrons. The largest absolute Gasteiger partial charge is 0.343 e. The van der Waals surface area contributed by atoms with Gasteiger partial charge in [0.2, 0.25) is 0 Å². The van der Waals surface area contributed by atoms with E-state index in [9.17, 15) is 9.59 Å². The lowest BCUT2D eigenvalue weighted by Gasteiger charge is -2.05. The van der Waals surface area contributed by atoms with Gasteiger partial charge in [-0.1, -0.05) is 17.7 Å². The first-order valence-corrected chi connectivity index (χ1v) is 4.80. The first kappa shape index (κ1) is 12.2. The summed E-state index contributed by atoms with van der Waals surface area (Å²) >= 11 is 0. The fraction of sp³-hybridized carbons (Fsp3) is 0.273. The van der Waals surface area contributed by atoms with E-state index in [4.69, 9.17) is 0 Å². The molecule has 0 fully saturated rings. The summed E-state index contributed by atoms with van der Waals surface area (Å²) in [6.45, 7) is 1.83. The van der Waals surface area contributed by atoms with Gasteiger partial charge in [0, 0.05) is 5.56 Å². The Morgan fingerprint density at radius 2 is 1.88 bits per heavy atom. The Balaban J connectivity index is 2.47. The summed E-state index contributed by atoms with van der Waals surface area (Å²) < 4.78 is 0. The maximum absolute atomic E-state index is 11.5. The Morgan fingerprint density at radius 1 is 1.25 bits per heavy atom. The topological polar surface area (TPSA) is 67.4 Å². The molecule has 0 saturated carbocycles. The van der Waals surface area contributed by atoms with Gasteiger partial charge in [-0.05, 0) is 19.1 Å². The molecular formula is C11H14N2O3.